The fourth-order valence-corrected chi connectivity index (χ4v) is 2.90. The van der Waals surface area contributed by atoms with Gasteiger partial charge in [0.1, 0.15) is 0 Å². The summed E-state index contributed by atoms with van der Waals surface area (Å²) in [6.45, 7) is 6.19. The fourth-order valence-electron chi connectivity index (χ4n) is 2.90. The smallest absolute Gasteiger partial charge is 0.343 e. The second-order valence-electron chi connectivity index (χ2n) is 6.51. The summed E-state index contributed by atoms with van der Waals surface area (Å²) < 4.78 is 0. The molecule has 0 amide bonds. The summed E-state index contributed by atoms with van der Waals surface area (Å²) in [5.41, 5.74) is 0. The van der Waals surface area contributed by atoms with Gasteiger partial charge in [0.05, 0.1) is 0 Å². The van der Waals surface area contributed by atoms with Crippen LogP contribution in [0.4, 0.5) is 0 Å². The van der Waals surface area contributed by atoms with Gasteiger partial charge < -0.3 is 6.92 Å². The summed E-state index contributed by atoms with van der Waals surface area (Å²) >= 11 is 0. The van der Waals surface area contributed by atoms with Gasteiger partial charge in [0, 0.05) is 0 Å². The molecule has 0 aromatic heterocycles. The molecule has 0 aliphatic heterocycles. The second-order valence-corrected chi connectivity index (χ2v) is 6.51. The Labute approximate surface area is 148 Å². The number of hydrogen-bond acceptors (Lipinski definition) is 0. The van der Waals surface area contributed by atoms with E-state index < -0.39 is 0 Å². The molecule has 0 aromatic rings. The summed E-state index contributed by atoms with van der Waals surface area (Å²) in [5.74, 6) is 0. The minimum atomic E-state index is 0. The molecule has 0 unspecified atom stereocenters. The third-order valence-corrected chi connectivity index (χ3v) is 4.35. The molecular weight excluding hydrogens is 247 g/mol. The molecule has 0 rings (SSSR count). The van der Waals surface area contributed by atoms with E-state index >= 15 is 0 Å². The van der Waals surface area contributed by atoms with Gasteiger partial charge in [0.15, 0.2) is 0 Å². The van der Waals surface area contributed by atoms with Gasteiger partial charge in [-0.25, -0.2) is 0 Å². The minimum absolute atomic E-state index is 0. The van der Waals surface area contributed by atoms with Crippen LogP contribution in [-0.2, 0) is 0 Å². The molecule has 0 N–H and O–H groups in total. The van der Waals surface area contributed by atoms with Crippen molar-refractivity contribution in [3.8, 4) is 0 Å². The molecule has 122 valence electrons. The molecule has 0 bridgehead atoms. The average Bonchev–Trinajstić information content (AvgIpc) is 2.47. The molecule has 0 atom stereocenters. The molecule has 0 aliphatic carbocycles. The SMILES string of the molecule is [CH2-]CCCCCCCCCCCCCCCCCCC.[Li+]. The Balaban J connectivity index is 0. The van der Waals surface area contributed by atoms with Crippen LogP contribution in [0.25, 0.3) is 0 Å². The van der Waals surface area contributed by atoms with E-state index in [0.717, 1.165) is 6.42 Å². The zero-order chi connectivity index (χ0) is 14.7. The minimum Gasteiger partial charge on any atom is -0.343 e. The average molecular weight is 288 g/mol. The third kappa shape index (κ3) is 23.0. The van der Waals surface area contributed by atoms with Crippen LogP contribution in [0.1, 0.15) is 122 Å². The molecule has 0 saturated carbocycles. The third-order valence-electron chi connectivity index (χ3n) is 4.35. The number of rotatable bonds is 17. The van der Waals surface area contributed by atoms with E-state index in [1.807, 2.05) is 0 Å². The molecule has 0 nitrogen and oxygen atoms in total. The first-order valence-electron chi connectivity index (χ1n) is 9.71. The van der Waals surface area contributed by atoms with Crippen LogP contribution >= 0.6 is 0 Å². The van der Waals surface area contributed by atoms with Crippen LogP contribution in [-0.4, -0.2) is 0 Å². The van der Waals surface area contributed by atoms with E-state index in [9.17, 15) is 0 Å². The maximum absolute atomic E-state index is 3.89. The summed E-state index contributed by atoms with van der Waals surface area (Å²) in [4.78, 5) is 0. The maximum atomic E-state index is 3.89. The molecule has 0 aromatic carbocycles. The van der Waals surface area contributed by atoms with E-state index in [-0.39, 0.29) is 18.9 Å². The first kappa shape index (κ1) is 23.9. The molecule has 0 aliphatic rings. The van der Waals surface area contributed by atoms with Crippen molar-refractivity contribution in [3.63, 3.8) is 0 Å². The van der Waals surface area contributed by atoms with E-state index in [0.29, 0.717) is 0 Å². The first-order chi connectivity index (χ1) is 9.91. The van der Waals surface area contributed by atoms with Gasteiger partial charge >= 0.3 is 18.9 Å². The number of unbranched alkanes of at least 4 members (excludes halogenated alkanes) is 17. The van der Waals surface area contributed by atoms with Crippen molar-refractivity contribution in [2.24, 2.45) is 0 Å². The summed E-state index contributed by atoms with van der Waals surface area (Å²) in [5, 5.41) is 0. The molecule has 1 heteroatoms. The monoisotopic (exact) mass is 288 g/mol. The second kappa shape index (κ2) is 22.9. The van der Waals surface area contributed by atoms with Crippen molar-refractivity contribution in [3.05, 3.63) is 6.92 Å². The Morgan fingerprint density at radius 1 is 0.429 bits per heavy atom. The van der Waals surface area contributed by atoms with Gasteiger partial charge in [-0.3, -0.25) is 0 Å². The van der Waals surface area contributed by atoms with Crippen LogP contribution in [0.5, 0.6) is 0 Å². The Kier molecular flexibility index (Phi) is 26.0. The molecule has 0 heterocycles. The van der Waals surface area contributed by atoms with E-state index in [1.165, 1.54) is 109 Å². The van der Waals surface area contributed by atoms with Crippen molar-refractivity contribution in [2.45, 2.75) is 122 Å². The van der Waals surface area contributed by atoms with Gasteiger partial charge in [0.2, 0.25) is 0 Å². The van der Waals surface area contributed by atoms with Crippen LogP contribution < -0.4 is 18.9 Å². The fraction of sp³-hybridized carbons (Fsp3) is 0.950. The van der Waals surface area contributed by atoms with Crippen molar-refractivity contribution in [1.82, 2.24) is 0 Å². The Hall–Kier alpha value is 0.597. The topological polar surface area (TPSA) is 0 Å². The van der Waals surface area contributed by atoms with Gasteiger partial charge in [-0.05, 0) is 0 Å². The standard InChI is InChI=1S/C20H41.Li/c1-3-5-7-9-11-13-15-17-19-20-18-16-14-12-10-8-6-4-2;/h1,3-20H2,2H3;/q-1;+1. The molecular formula is C20H41Li. The van der Waals surface area contributed by atoms with Crippen molar-refractivity contribution in [1.29, 1.82) is 0 Å². The van der Waals surface area contributed by atoms with E-state index in [2.05, 4.69) is 13.8 Å². The predicted molar refractivity (Wildman–Crippen MR) is 94.1 cm³/mol. The van der Waals surface area contributed by atoms with Crippen LogP contribution in [0.2, 0.25) is 0 Å². The normalized spacial score (nSPS) is 10.6. The number of hydrogen-bond donors (Lipinski definition) is 0. The Morgan fingerprint density at radius 3 is 0.905 bits per heavy atom. The molecule has 0 spiro atoms. The van der Waals surface area contributed by atoms with Crippen molar-refractivity contribution < 1.29 is 18.9 Å². The predicted octanol–water partition coefficient (Wildman–Crippen LogP) is 4.87. The molecule has 0 saturated heterocycles. The van der Waals surface area contributed by atoms with Gasteiger partial charge in [-0.1, -0.05) is 116 Å². The molecule has 0 fully saturated rings. The van der Waals surface area contributed by atoms with Crippen molar-refractivity contribution in [2.75, 3.05) is 0 Å². The zero-order valence-electron chi connectivity index (χ0n) is 15.4. The van der Waals surface area contributed by atoms with Gasteiger partial charge in [0.25, 0.3) is 0 Å². The Morgan fingerprint density at radius 2 is 0.667 bits per heavy atom. The van der Waals surface area contributed by atoms with Crippen LogP contribution in [0.3, 0.4) is 0 Å². The largest absolute Gasteiger partial charge is 1.00 e. The molecule has 21 heavy (non-hydrogen) atoms. The Bertz CT molecular complexity index is 138. The van der Waals surface area contributed by atoms with E-state index in [1.54, 1.807) is 0 Å². The summed E-state index contributed by atoms with van der Waals surface area (Å²) in [7, 11) is 0. The van der Waals surface area contributed by atoms with Gasteiger partial charge in [-0.15, -0.1) is 0 Å². The van der Waals surface area contributed by atoms with Gasteiger partial charge in [-0.2, -0.15) is 6.42 Å². The van der Waals surface area contributed by atoms with Crippen LogP contribution in [0, 0.1) is 6.92 Å². The summed E-state index contributed by atoms with van der Waals surface area (Å²) in [6, 6.07) is 0. The first-order valence-corrected chi connectivity index (χ1v) is 9.71. The van der Waals surface area contributed by atoms with Crippen molar-refractivity contribution >= 4 is 0 Å². The molecule has 0 radical (unpaired) electrons. The van der Waals surface area contributed by atoms with E-state index in [4.69, 9.17) is 0 Å². The zero-order valence-corrected chi connectivity index (χ0v) is 15.4. The van der Waals surface area contributed by atoms with Crippen LogP contribution in [0.15, 0.2) is 0 Å². The quantitative estimate of drug-likeness (QED) is 0.203. The maximum Gasteiger partial charge on any atom is 1.00 e. The summed E-state index contributed by atoms with van der Waals surface area (Å²) in [6.07, 6.45) is 25.8.